The lowest BCUT2D eigenvalue weighted by Crippen LogP contribution is -2.27. The molecule has 1 saturated heterocycles. The maximum atomic E-state index is 6.64. The van der Waals surface area contributed by atoms with E-state index in [0.717, 1.165) is 19.3 Å². The molecule has 1 nitrogen and oxygen atoms in total. The number of benzene rings is 2. The third-order valence-corrected chi connectivity index (χ3v) is 4.94. The molecule has 0 amide bonds. The Morgan fingerprint density at radius 3 is 2.17 bits per heavy atom. The van der Waals surface area contributed by atoms with Gasteiger partial charge in [0.25, 0.3) is 0 Å². The lowest BCUT2D eigenvalue weighted by Gasteiger charge is -2.30. The van der Waals surface area contributed by atoms with E-state index in [1.54, 1.807) is 0 Å². The average molecular weight is 320 g/mol. The van der Waals surface area contributed by atoms with Crippen molar-refractivity contribution in [2.75, 3.05) is 0 Å². The van der Waals surface area contributed by atoms with E-state index in [9.17, 15) is 0 Å². The molecule has 0 N–H and O–H groups in total. The third kappa shape index (κ3) is 3.79. The molecule has 0 aromatic heterocycles. The largest absolute Gasteiger partial charge is 0.358 e. The predicted octanol–water partition coefficient (Wildman–Crippen LogP) is 6.25. The van der Waals surface area contributed by atoms with Crippen LogP contribution in [0.2, 0.25) is 0 Å². The molecule has 0 spiro atoms. The van der Waals surface area contributed by atoms with Gasteiger partial charge >= 0.3 is 0 Å². The molecular weight excluding hydrogens is 292 g/mol. The molecule has 2 aromatic carbocycles. The molecule has 2 aromatic rings. The Labute approximate surface area is 146 Å². The summed E-state index contributed by atoms with van der Waals surface area (Å²) in [7, 11) is 0. The average Bonchev–Trinajstić information content (AvgIpc) is 3.09. The van der Waals surface area contributed by atoms with Gasteiger partial charge in [-0.1, -0.05) is 92.6 Å². The second kappa shape index (κ2) is 8.30. The molecule has 0 radical (unpaired) electrons. The van der Waals surface area contributed by atoms with Gasteiger partial charge in [-0.15, -0.1) is 0 Å². The Morgan fingerprint density at radius 1 is 0.958 bits per heavy atom. The molecule has 0 saturated carbocycles. The van der Waals surface area contributed by atoms with Crippen molar-refractivity contribution in [2.24, 2.45) is 0 Å². The lowest BCUT2D eigenvalue weighted by atomic mass is 9.84. The fraction of sp³-hybridized carbons (Fsp3) is 0.391. The molecule has 1 aliphatic heterocycles. The number of unbranched alkanes of at least 4 members (excludes halogenated alkanes) is 3. The Bertz CT molecular complexity index is 590. The Hall–Kier alpha value is -1.86. The van der Waals surface area contributed by atoms with Gasteiger partial charge in [-0.25, -0.2) is 0 Å². The molecule has 126 valence electrons. The normalized spacial score (nSPS) is 19.8. The van der Waals surface area contributed by atoms with Gasteiger partial charge in [-0.2, -0.15) is 0 Å². The number of hydrogen-bond donors (Lipinski definition) is 0. The first-order valence-corrected chi connectivity index (χ1v) is 9.31. The van der Waals surface area contributed by atoms with E-state index in [2.05, 4.69) is 79.7 Å². The van der Waals surface area contributed by atoms with Crippen LogP contribution in [-0.4, -0.2) is 6.10 Å². The zero-order valence-electron chi connectivity index (χ0n) is 14.7. The maximum Gasteiger partial charge on any atom is 0.119 e. The second-order valence-corrected chi connectivity index (χ2v) is 6.68. The highest BCUT2D eigenvalue weighted by Crippen LogP contribution is 2.45. The molecule has 24 heavy (non-hydrogen) atoms. The van der Waals surface area contributed by atoms with Crippen LogP contribution in [-0.2, 0) is 10.3 Å². The van der Waals surface area contributed by atoms with Crippen LogP contribution in [0.15, 0.2) is 72.8 Å². The van der Waals surface area contributed by atoms with Crippen LogP contribution >= 0.6 is 0 Å². The molecule has 1 aliphatic rings. The Balaban J connectivity index is 1.79. The van der Waals surface area contributed by atoms with E-state index in [-0.39, 0.29) is 11.7 Å². The SMILES string of the molecule is CCCCC/C=C/C1CCC(c2ccccc2)(c2ccccc2)O1. The highest BCUT2D eigenvalue weighted by Gasteiger charge is 2.42. The van der Waals surface area contributed by atoms with Crippen LogP contribution < -0.4 is 0 Å². The van der Waals surface area contributed by atoms with Gasteiger partial charge in [0.15, 0.2) is 0 Å². The first-order valence-electron chi connectivity index (χ1n) is 9.31. The quantitative estimate of drug-likeness (QED) is 0.433. The van der Waals surface area contributed by atoms with Crippen molar-refractivity contribution < 1.29 is 4.74 Å². The summed E-state index contributed by atoms with van der Waals surface area (Å²) in [6, 6.07) is 21.4. The van der Waals surface area contributed by atoms with E-state index in [1.807, 2.05) is 0 Å². The zero-order valence-corrected chi connectivity index (χ0v) is 14.7. The summed E-state index contributed by atoms with van der Waals surface area (Å²) >= 11 is 0. The summed E-state index contributed by atoms with van der Waals surface area (Å²) in [5.41, 5.74) is 2.22. The summed E-state index contributed by atoms with van der Waals surface area (Å²) in [5, 5.41) is 0. The van der Waals surface area contributed by atoms with E-state index < -0.39 is 0 Å². The molecule has 1 unspecified atom stereocenters. The van der Waals surface area contributed by atoms with Crippen LogP contribution in [0.1, 0.15) is 56.6 Å². The molecule has 1 fully saturated rings. The minimum atomic E-state index is -0.305. The number of ether oxygens (including phenoxy) is 1. The fourth-order valence-electron chi connectivity index (χ4n) is 3.62. The van der Waals surface area contributed by atoms with E-state index >= 15 is 0 Å². The molecule has 1 atom stereocenters. The van der Waals surface area contributed by atoms with Gasteiger partial charge in [-0.05, 0) is 36.8 Å². The first-order chi connectivity index (χ1) is 11.8. The lowest BCUT2D eigenvalue weighted by molar-refractivity contribution is 0.00391. The van der Waals surface area contributed by atoms with Crippen molar-refractivity contribution >= 4 is 0 Å². The Kier molecular flexibility index (Phi) is 5.87. The van der Waals surface area contributed by atoms with Gasteiger partial charge in [-0.3, -0.25) is 0 Å². The van der Waals surface area contributed by atoms with Crippen molar-refractivity contribution in [3.05, 3.63) is 83.9 Å². The predicted molar refractivity (Wildman–Crippen MR) is 101 cm³/mol. The third-order valence-electron chi connectivity index (χ3n) is 4.94. The first kappa shape index (κ1) is 17.0. The van der Waals surface area contributed by atoms with Crippen LogP contribution in [0.5, 0.6) is 0 Å². The maximum absolute atomic E-state index is 6.64. The number of allylic oxidation sites excluding steroid dienone is 1. The van der Waals surface area contributed by atoms with Gasteiger partial charge in [0, 0.05) is 0 Å². The van der Waals surface area contributed by atoms with Crippen molar-refractivity contribution in [1.82, 2.24) is 0 Å². The van der Waals surface area contributed by atoms with Crippen molar-refractivity contribution in [3.8, 4) is 0 Å². The molecule has 0 bridgehead atoms. The number of rotatable bonds is 7. The van der Waals surface area contributed by atoms with Gasteiger partial charge in [0.1, 0.15) is 5.60 Å². The number of hydrogen-bond acceptors (Lipinski definition) is 1. The molecule has 1 heteroatoms. The van der Waals surface area contributed by atoms with Crippen LogP contribution in [0.25, 0.3) is 0 Å². The van der Waals surface area contributed by atoms with Crippen LogP contribution in [0.4, 0.5) is 0 Å². The fourth-order valence-corrected chi connectivity index (χ4v) is 3.62. The minimum absolute atomic E-state index is 0.215. The highest BCUT2D eigenvalue weighted by molar-refractivity contribution is 5.37. The van der Waals surface area contributed by atoms with E-state index in [1.165, 1.54) is 30.4 Å². The highest BCUT2D eigenvalue weighted by atomic mass is 16.5. The summed E-state index contributed by atoms with van der Waals surface area (Å²) in [4.78, 5) is 0. The topological polar surface area (TPSA) is 9.23 Å². The Morgan fingerprint density at radius 2 is 1.58 bits per heavy atom. The molecule has 3 rings (SSSR count). The molecule has 0 aliphatic carbocycles. The standard InChI is InChI=1S/C23H28O/c1-2-3-4-5-12-17-22-18-19-23(24-22,20-13-8-6-9-14-20)21-15-10-7-11-16-21/h6-17,22H,2-5,18-19H2,1H3/b17-12+. The summed E-state index contributed by atoms with van der Waals surface area (Å²) < 4.78 is 6.64. The summed E-state index contributed by atoms with van der Waals surface area (Å²) in [6.45, 7) is 2.25. The van der Waals surface area contributed by atoms with Gasteiger partial charge in [0.05, 0.1) is 6.10 Å². The van der Waals surface area contributed by atoms with Crippen LogP contribution in [0, 0.1) is 0 Å². The van der Waals surface area contributed by atoms with E-state index in [4.69, 9.17) is 4.74 Å². The smallest absolute Gasteiger partial charge is 0.119 e. The molecule has 1 heterocycles. The van der Waals surface area contributed by atoms with Crippen molar-refractivity contribution in [2.45, 2.75) is 57.2 Å². The minimum Gasteiger partial charge on any atom is -0.358 e. The van der Waals surface area contributed by atoms with E-state index in [0.29, 0.717) is 0 Å². The summed E-state index contributed by atoms with van der Waals surface area (Å²) in [6.07, 6.45) is 12.0. The van der Waals surface area contributed by atoms with Gasteiger partial charge in [0.2, 0.25) is 0 Å². The zero-order chi connectivity index (χ0) is 16.7. The second-order valence-electron chi connectivity index (χ2n) is 6.68. The van der Waals surface area contributed by atoms with Crippen LogP contribution in [0.3, 0.4) is 0 Å². The van der Waals surface area contributed by atoms with Gasteiger partial charge < -0.3 is 4.74 Å². The van der Waals surface area contributed by atoms with Crippen molar-refractivity contribution in [3.63, 3.8) is 0 Å². The molecular formula is C23H28O. The van der Waals surface area contributed by atoms with Crippen molar-refractivity contribution in [1.29, 1.82) is 0 Å². The summed E-state index contributed by atoms with van der Waals surface area (Å²) in [5.74, 6) is 0. The monoisotopic (exact) mass is 320 g/mol.